The van der Waals surface area contributed by atoms with Gasteiger partial charge in [-0.2, -0.15) is 0 Å². The van der Waals surface area contributed by atoms with E-state index in [1.165, 1.54) is 22.0 Å². The molecule has 40 heavy (non-hydrogen) atoms. The molecule has 0 saturated heterocycles. The number of hydrogen-bond donors (Lipinski definition) is 1. The Labute approximate surface area is 232 Å². The first kappa shape index (κ1) is 27.1. The molecule has 0 saturated carbocycles. The molecule has 4 aromatic rings. The van der Waals surface area contributed by atoms with Gasteiger partial charge >= 0.3 is 5.97 Å². The Kier molecular flexibility index (Phi) is 7.44. The highest BCUT2D eigenvalue weighted by Gasteiger charge is 2.33. The smallest absolute Gasteiger partial charge is 0.338 e. The Bertz CT molecular complexity index is 1800. The average Bonchev–Trinajstić information content (AvgIpc) is 3.52. The predicted octanol–water partition coefficient (Wildman–Crippen LogP) is 4.07. The summed E-state index contributed by atoms with van der Waals surface area (Å²) < 4.78 is 18.4. The lowest BCUT2D eigenvalue weighted by molar-refractivity contribution is -0.139. The van der Waals surface area contributed by atoms with Gasteiger partial charge in [0.2, 0.25) is 0 Å². The number of hydrogen-bond acceptors (Lipinski definition) is 10. The lowest BCUT2D eigenvalue weighted by Gasteiger charge is -2.24. The molecule has 2 aromatic heterocycles. The number of rotatable bonds is 7. The molecule has 206 valence electrons. The highest BCUT2D eigenvalue weighted by Crippen LogP contribution is 2.32. The molecule has 11 heteroatoms. The summed E-state index contributed by atoms with van der Waals surface area (Å²) in [7, 11) is 1.56. The molecule has 0 spiro atoms. The molecule has 1 N–H and O–H groups in total. The number of ether oxygens (including phenoxy) is 2. The van der Waals surface area contributed by atoms with E-state index in [0.29, 0.717) is 49.0 Å². The maximum Gasteiger partial charge on any atom is 0.338 e. The van der Waals surface area contributed by atoms with Gasteiger partial charge < -0.3 is 24.3 Å². The van der Waals surface area contributed by atoms with Crippen molar-refractivity contribution in [3.63, 3.8) is 0 Å². The van der Waals surface area contributed by atoms with E-state index in [9.17, 15) is 20.0 Å². The van der Waals surface area contributed by atoms with Crippen LogP contribution >= 0.6 is 11.3 Å². The standard InChI is InChI=1S/C29H26N3O7S/c1-5-38-28(34)25-17(3)30-29-31(26(25)18-8-10-20(37-4)11-9-18)27(33)24(40-29)15-21-12-13-23(39-21)19-7-6-16(2)22(14-19)32(35)36/h6-15,26,35H,5H2,1-4H3/q-1/b24-15-. The lowest BCUT2D eigenvalue weighted by atomic mass is 9.96. The number of thiazole rings is 1. The number of carbonyl (C=O) groups excluding carboxylic acids is 1. The number of furan rings is 1. The Morgan fingerprint density at radius 1 is 1.20 bits per heavy atom. The van der Waals surface area contributed by atoms with Crippen molar-refractivity contribution in [1.29, 1.82) is 0 Å². The Morgan fingerprint density at radius 2 is 1.95 bits per heavy atom. The van der Waals surface area contributed by atoms with Crippen molar-refractivity contribution < 1.29 is 23.9 Å². The van der Waals surface area contributed by atoms with Gasteiger partial charge in [-0.05, 0) is 62.2 Å². The summed E-state index contributed by atoms with van der Waals surface area (Å²) in [6.45, 7) is 5.34. The van der Waals surface area contributed by atoms with Crippen molar-refractivity contribution in [1.82, 2.24) is 4.57 Å². The van der Waals surface area contributed by atoms with E-state index in [-0.39, 0.29) is 28.7 Å². The van der Waals surface area contributed by atoms with Gasteiger partial charge in [0.1, 0.15) is 17.3 Å². The third-order valence-corrected chi connectivity index (χ3v) is 7.53. The first-order valence-electron chi connectivity index (χ1n) is 12.4. The number of carbonyl (C=O) groups is 1. The zero-order valence-corrected chi connectivity index (χ0v) is 23.0. The van der Waals surface area contributed by atoms with Gasteiger partial charge in [-0.25, -0.2) is 9.79 Å². The van der Waals surface area contributed by atoms with Crippen LogP contribution in [0.15, 0.2) is 80.1 Å². The monoisotopic (exact) mass is 560 g/mol. The maximum atomic E-state index is 13.8. The molecule has 2 aromatic carbocycles. The number of esters is 1. The average molecular weight is 561 g/mol. The predicted molar refractivity (Wildman–Crippen MR) is 150 cm³/mol. The molecule has 1 unspecified atom stereocenters. The van der Waals surface area contributed by atoms with Gasteiger partial charge in [0.05, 0.1) is 41.2 Å². The van der Waals surface area contributed by atoms with Crippen molar-refractivity contribution in [2.45, 2.75) is 26.8 Å². The number of aromatic nitrogens is 1. The number of benzene rings is 2. The number of anilines is 1. The molecule has 0 radical (unpaired) electrons. The molecule has 3 heterocycles. The van der Waals surface area contributed by atoms with Gasteiger partial charge in [0.25, 0.3) is 5.56 Å². The highest BCUT2D eigenvalue weighted by atomic mass is 32.1. The molecule has 0 amide bonds. The van der Waals surface area contributed by atoms with Crippen molar-refractivity contribution in [3.05, 3.63) is 108 Å². The van der Waals surface area contributed by atoms with Crippen LogP contribution in [0.4, 0.5) is 5.69 Å². The van der Waals surface area contributed by atoms with E-state index in [0.717, 1.165) is 0 Å². The zero-order valence-electron chi connectivity index (χ0n) is 22.2. The van der Waals surface area contributed by atoms with E-state index in [2.05, 4.69) is 4.99 Å². The third kappa shape index (κ3) is 4.97. The third-order valence-electron chi connectivity index (χ3n) is 6.55. The number of aryl methyl sites for hydroxylation is 1. The largest absolute Gasteiger partial charge is 0.733 e. The number of nitrogens with zero attached hydrogens (tertiary/aromatic N) is 3. The van der Waals surface area contributed by atoms with Crippen LogP contribution in [0, 0.1) is 12.1 Å². The molecule has 0 fully saturated rings. The van der Waals surface area contributed by atoms with Crippen molar-refractivity contribution >= 4 is 29.1 Å². The Hall–Kier alpha value is -4.45. The normalized spacial score (nSPS) is 15.1. The van der Waals surface area contributed by atoms with Crippen LogP contribution in [-0.2, 0) is 9.53 Å². The first-order chi connectivity index (χ1) is 19.2. The molecule has 1 atom stereocenters. The summed E-state index contributed by atoms with van der Waals surface area (Å²) in [4.78, 5) is 31.8. The Morgan fingerprint density at radius 3 is 2.62 bits per heavy atom. The molecular weight excluding hydrogens is 534 g/mol. The summed E-state index contributed by atoms with van der Waals surface area (Å²) in [5.41, 5.74) is 2.43. The SMILES string of the molecule is CCOC(=O)C1=C(C)N=c2s/c(=C\c3ccc(-c4ccc(C)c(N([O-])O)c4)o3)c(=O)n2C1c1ccc(OC)cc1. The molecular formula is C29H26N3O7S-. The van der Waals surface area contributed by atoms with Crippen LogP contribution in [0.1, 0.15) is 36.8 Å². The summed E-state index contributed by atoms with van der Waals surface area (Å²) in [5.74, 6) is 0.976. The van der Waals surface area contributed by atoms with Crippen LogP contribution < -0.4 is 24.9 Å². The van der Waals surface area contributed by atoms with Crippen molar-refractivity contribution in [3.8, 4) is 17.1 Å². The Balaban J connectivity index is 1.60. The molecule has 10 nitrogen and oxygen atoms in total. The minimum absolute atomic E-state index is 0.107. The van der Waals surface area contributed by atoms with Crippen molar-refractivity contribution in [2.75, 3.05) is 18.9 Å². The van der Waals surface area contributed by atoms with Gasteiger partial charge in [-0.1, -0.05) is 35.6 Å². The second kappa shape index (κ2) is 11.0. The van der Waals surface area contributed by atoms with E-state index >= 15 is 0 Å². The summed E-state index contributed by atoms with van der Waals surface area (Å²) in [5, 5.41) is 20.7. The van der Waals surface area contributed by atoms with E-state index in [1.807, 2.05) is 12.1 Å². The van der Waals surface area contributed by atoms with Gasteiger partial charge in [0.15, 0.2) is 4.80 Å². The van der Waals surface area contributed by atoms with Gasteiger partial charge in [-0.15, -0.1) is 0 Å². The van der Waals surface area contributed by atoms with Gasteiger partial charge in [0, 0.05) is 11.6 Å². The number of allylic oxidation sites excluding steroid dienone is 1. The summed E-state index contributed by atoms with van der Waals surface area (Å²) in [6, 6.07) is 14.8. The molecule has 0 bridgehead atoms. The van der Waals surface area contributed by atoms with Crippen LogP contribution in [0.3, 0.4) is 0 Å². The highest BCUT2D eigenvalue weighted by molar-refractivity contribution is 7.07. The van der Waals surface area contributed by atoms with E-state index in [4.69, 9.17) is 13.9 Å². The maximum absolute atomic E-state index is 13.8. The molecule has 1 aliphatic heterocycles. The van der Waals surface area contributed by atoms with Gasteiger partial charge in [-0.3, -0.25) is 14.6 Å². The second-order valence-electron chi connectivity index (χ2n) is 9.05. The van der Waals surface area contributed by atoms with Crippen LogP contribution in [0.2, 0.25) is 0 Å². The molecule has 1 aliphatic rings. The number of methoxy groups -OCH3 is 1. The fourth-order valence-electron chi connectivity index (χ4n) is 4.58. The number of fused-ring (bicyclic) bond motifs is 1. The first-order valence-corrected chi connectivity index (χ1v) is 13.2. The quantitative estimate of drug-likeness (QED) is 0.265. The minimum Gasteiger partial charge on any atom is -0.733 e. The van der Waals surface area contributed by atoms with E-state index in [1.54, 1.807) is 70.4 Å². The topological polar surface area (TPSA) is 130 Å². The van der Waals surface area contributed by atoms with Crippen molar-refractivity contribution in [2.24, 2.45) is 4.99 Å². The summed E-state index contributed by atoms with van der Waals surface area (Å²) >= 11 is 1.18. The zero-order chi connectivity index (χ0) is 28.6. The lowest BCUT2D eigenvalue weighted by Crippen LogP contribution is -2.39. The fraction of sp³-hybridized carbons (Fsp3) is 0.207. The molecule has 5 rings (SSSR count). The summed E-state index contributed by atoms with van der Waals surface area (Å²) in [6.07, 6.45) is 1.61. The molecule has 0 aliphatic carbocycles. The fourth-order valence-corrected chi connectivity index (χ4v) is 5.60. The minimum atomic E-state index is -0.741. The van der Waals surface area contributed by atoms with Crippen LogP contribution in [0.25, 0.3) is 17.4 Å². The van der Waals surface area contributed by atoms with Crippen LogP contribution in [-0.4, -0.2) is 29.5 Å². The van der Waals surface area contributed by atoms with Crippen LogP contribution in [0.5, 0.6) is 5.75 Å². The van der Waals surface area contributed by atoms with E-state index < -0.39 is 12.0 Å². The second-order valence-corrected chi connectivity index (χ2v) is 10.1.